The molecule has 0 saturated carbocycles. The van der Waals surface area contributed by atoms with Crippen molar-refractivity contribution in [1.29, 1.82) is 0 Å². The second-order valence-electron chi connectivity index (χ2n) is 7.14. The zero-order valence-electron chi connectivity index (χ0n) is 16.8. The quantitative estimate of drug-likeness (QED) is 0.292. The van der Waals surface area contributed by atoms with Crippen molar-refractivity contribution in [2.75, 3.05) is 0 Å². The molecule has 0 aliphatic carbocycles. The first-order valence-corrected chi connectivity index (χ1v) is 10.1. The molecule has 0 saturated heterocycles. The molecule has 31 heavy (non-hydrogen) atoms. The number of aliphatic imine (C=N–C) groups is 1. The van der Waals surface area contributed by atoms with Crippen molar-refractivity contribution in [3.63, 3.8) is 0 Å². The van der Waals surface area contributed by atoms with Crippen molar-refractivity contribution in [2.24, 2.45) is 4.99 Å². The molecule has 0 atom stereocenters. The van der Waals surface area contributed by atoms with Crippen LogP contribution in [0.15, 0.2) is 113 Å². The van der Waals surface area contributed by atoms with Crippen LogP contribution in [-0.2, 0) is 6.61 Å². The fourth-order valence-corrected chi connectivity index (χ4v) is 3.23. The zero-order valence-corrected chi connectivity index (χ0v) is 16.8. The van der Waals surface area contributed by atoms with Gasteiger partial charge in [-0.3, -0.25) is 4.99 Å². The summed E-state index contributed by atoms with van der Waals surface area (Å²) in [6.45, 7) is 0.556. The maximum atomic E-state index is 5.83. The Kier molecular flexibility index (Phi) is 5.27. The summed E-state index contributed by atoms with van der Waals surface area (Å²) in [5.74, 6) is 1.45. The van der Waals surface area contributed by atoms with Gasteiger partial charge in [0.15, 0.2) is 5.58 Å². The summed E-state index contributed by atoms with van der Waals surface area (Å²) in [5, 5.41) is 0. The Morgan fingerprint density at radius 3 is 2.29 bits per heavy atom. The van der Waals surface area contributed by atoms with Gasteiger partial charge in [0.1, 0.15) is 17.9 Å². The van der Waals surface area contributed by atoms with E-state index in [9.17, 15) is 0 Å². The molecule has 0 amide bonds. The number of rotatable bonds is 6. The Morgan fingerprint density at radius 1 is 0.774 bits per heavy atom. The molecule has 0 N–H and O–H groups in total. The zero-order chi connectivity index (χ0) is 20.9. The molecular formula is C27H20N2O2. The molecule has 0 aliphatic heterocycles. The van der Waals surface area contributed by atoms with Gasteiger partial charge < -0.3 is 9.15 Å². The topological polar surface area (TPSA) is 47.6 Å². The van der Waals surface area contributed by atoms with Crippen molar-refractivity contribution in [2.45, 2.75) is 6.61 Å². The highest BCUT2D eigenvalue weighted by Crippen LogP contribution is 2.26. The molecule has 4 nitrogen and oxygen atoms in total. The molecule has 1 heterocycles. The summed E-state index contributed by atoms with van der Waals surface area (Å²) in [4.78, 5) is 9.09. The fraction of sp³-hybridized carbons (Fsp3) is 0.0370. The molecule has 0 unspecified atom stereocenters. The molecule has 0 spiro atoms. The number of ether oxygens (including phenoxy) is 1. The SMILES string of the molecule is C(=Nc1ccc(-c2nc3ccccc3o2)cc1)c1ccc(OCc2ccccc2)cc1. The minimum atomic E-state index is 0.556. The predicted molar refractivity (Wildman–Crippen MR) is 124 cm³/mol. The van der Waals surface area contributed by atoms with E-state index in [1.54, 1.807) is 0 Å². The normalized spacial score (nSPS) is 11.2. The molecule has 0 radical (unpaired) electrons. The van der Waals surface area contributed by atoms with Crippen molar-refractivity contribution in [3.05, 3.63) is 114 Å². The van der Waals surface area contributed by atoms with Gasteiger partial charge in [-0.15, -0.1) is 0 Å². The number of hydrogen-bond acceptors (Lipinski definition) is 4. The van der Waals surface area contributed by atoms with Crippen molar-refractivity contribution in [3.8, 4) is 17.2 Å². The Bertz CT molecular complexity index is 1270. The maximum Gasteiger partial charge on any atom is 0.227 e. The van der Waals surface area contributed by atoms with Crippen LogP contribution >= 0.6 is 0 Å². The highest BCUT2D eigenvalue weighted by Gasteiger charge is 2.07. The second kappa shape index (κ2) is 8.67. The van der Waals surface area contributed by atoms with Gasteiger partial charge in [0.2, 0.25) is 5.89 Å². The minimum absolute atomic E-state index is 0.556. The molecule has 1 aromatic heterocycles. The average molecular weight is 404 g/mol. The molecule has 4 aromatic carbocycles. The highest BCUT2D eigenvalue weighted by atomic mass is 16.5. The third-order valence-electron chi connectivity index (χ3n) is 4.90. The molecule has 0 aliphatic rings. The van der Waals surface area contributed by atoms with Gasteiger partial charge in [0.05, 0.1) is 5.69 Å². The van der Waals surface area contributed by atoms with Crippen LogP contribution in [0.3, 0.4) is 0 Å². The third-order valence-corrected chi connectivity index (χ3v) is 4.90. The van der Waals surface area contributed by atoms with Crippen molar-refractivity contribution < 1.29 is 9.15 Å². The van der Waals surface area contributed by atoms with Crippen LogP contribution in [0.5, 0.6) is 5.75 Å². The Labute approximate surface area is 180 Å². The lowest BCUT2D eigenvalue weighted by molar-refractivity contribution is 0.306. The lowest BCUT2D eigenvalue weighted by atomic mass is 10.2. The first kappa shape index (κ1) is 18.8. The number of nitrogens with zero attached hydrogens (tertiary/aromatic N) is 2. The van der Waals surface area contributed by atoms with Gasteiger partial charge >= 0.3 is 0 Å². The summed E-state index contributed by atoms with van der Waals surface area (Å²) in [7, 11) is 0. The molecular weight excluding hydrogens is 384 g/mol. The molecule has 0 bridgehead atoms. The monoisotopic (exact) mass is 404 g/mol. The molecule has 5 rings (SSSR count). The maximum absolute atomic E-state index is 5.83. The predicted octanol–water partition coefficient (Wildman–Crippen LogP) is 6.82. The average Bonchev–Trinajstić information content (AvgIpc) is 3.27. The summed E-state index contributed by atoms with van der Waals surface area (Å²) < 4.78 is 11.6. The first-order chi connectivity index (χ1) is 15.3. The van der Waals surface area contributed by atoms with Crippen LogP contribution in [0.4, 0.5) is 5.69 Å². The van der Waals surface area contributed by atoms with E-state index in [2.05, 4.69) is 22.1 Å². The van der Waals surface area contributed by atoms with Crippen LogP contribution in [-0.4, -0.2) is 11.2 Å². The van der Waals surface area contributed by atoms with Crippen LogP contribution in [0.2, 0.25) is 0 Å². The van der Waals surface area contributed by atoms with Crippen LogP contribution in [0, 0.1) is 0 Å². The Balaban J connectivity index is 1.23. The highest BCUT2D eigenvalue weighted by molar-refractivity contribution is 5.82. The smallest absolute Gasteiger partial charge is 0.227 e. The summed E-state index contributed by atoms with van der Waals surface area (Å²) in [5.41, 5.74) is 5.59. The number of aromatic nitrogens is 1. The number of benzene rings is 4. The number of oxazole rings is 1. The van der Waals surface area contributed by atoms with Gasteiger partial charge in [-0.25, -0.2) is 4.98 Å². The van der Waals surface area contributed by atoms with Gasteiger partial charge in [-0.05, 0) is 71.8 Å². The first-order valence-electron chi connectivity index (χ1n) is 10.1. The van der Waals surface area contributed by atoms with E-state index < -0.39 is 0 Å². The Hall–Kier alpha value is -4.18. The van der Waals surface area contributed by atoms with E-state index >= 15 is 0 Å². The van der Waals surface area contributed by atoms with Gasteiger partial charge in [0.25, 0.3) is 0 Å². The number of fused-ring (bicyclic) bond motifs is 1. The second-order valence-corrected chi connectivity index (χ2v) is 7.14. The van der Waals surface area contributed by atoms with Crippen molar-refractivity contribution >= 4 is 23.0 Å². The van der Waals surface area contributed by atoms with Crippen LogP contribution in [0.25, 0.3) is 22.6 Å². The van der Waals surface area contributed by atoms with Crippen molar-refractivity contribution in [1.82, 2.24) is 4.98 Å². The number of hydrogen-bond donors (Lipinski definition) is 0. The van der Waals surface area contributed by atoms with E-state index in [1.165, 1.54) is 0 Å². The lowest BCUT2D eigenvalue weighted by Crippen LogP contribution is -1.94. The molecule has 5 aromatic rings. The fourth-order valence-electron chi connectivity index (χ4n) is 3.23. The molecule has 0 fully saturated rings. The van der Waals surface area contributed by atoms with E-state index in [-0.39, 0.29) is 0 Å². The van der Waals surface area contributed by atoms with E-state index in [1.807, 2.05) is 97.2 Å². The van der Waals surface area contributed by atoms with Gasteiger partial charge in [-0.1, -0.05) is 42.5 Å². The van der Waals surface area contributed by atoms with E-state index in [0.29, 0.717) is 12.5 Å². The number of para-hydroxylation sites is 2. The van der Waals surface area contributed by atoms with E-state index in [4.69, 9.17) is 9.15 Å². The van der Waals surface area contributed by atoms with Crippen LogP contribution < -0.4 is 4.74 Å². The third kappa shape index (κ3) is 4.54. The van der Waals surface area contributed by atoms with Gasteiger partial charge in [-0.2, -0.15) is 0 Å². The molecule has 150 valence electrons. The molecule has 4 heteroatoms. The standard InChI is InChI=1S/C27H20N2O2/c1-2-6-21(7-3-1)19-30-24-16-10-20(11-17-24)18-28-23-14-12-22(13-15-23)27-29-25-8-4-5-9-26(25)31-27/h1-18H,19H2. The minimum Gasteiger partial charge on any atom is -0.489 e. The summed E-state index contributed by atoms with van der Waals surface area (Å²) in [6, 6.07) is 33.6. The van der Waals surface area contributed by atoms with Crippen LogP contribution in [0.1, 0.15) is 11.1 Å². The summed E-state index contributed by atoms with van der Waals surface area (Å²) in [6.07, 6.45) is 1.84. The largest absolute Gasteiger partial charge is 0.489 e. The van der Waals surface area contributed by atoms with E-state index in [0.717, 1.165) is 39.2 Å². The Morgan fingerprint density at radius 2 is 1.52 bits per heavy atom. The van der Waals surface area contributed by atoms with Gasteiger partial charge in [0, 0.05) is 11.8 Å². The summed E-state index contributed by atoms with van der Waals surface area (Å²) >= 11 is 0. The lowest BCUT2D eigenvalue weighted by Gasteiger charge is -2.06.